The Morgan fingerprint density at radius 3 is 2.63 bits per heavy atom. The van der Waals surface area contributed by atoms with Gasteiger partial charge < -0.3 is 0 Å². The van der Waals surface area contributed by atoms with Crippen molar-refractivity contribution >= 4 is 6.29 Å². The summed E-state index contributed by atoms with van der Waals surface area (Å²) in [5.41, 5.74) is 3.62. The van der Waals surface area contributed by atoms with E-state index in [2.05, 4.69) is 11.9 Å². The molecule has 0 spiro atoms. The zero-order chi connectivity index (χ0) is 14.1. The van der Waals surface area contributed by atoms with E-state index in [-0.39, 0.29) is 0 Å². The van der Waals surface area contributed by atoms with Crippen LogP contribution < -0.4 is 0 Å². The topological polar surface area (TPSA) is 53.8 Å². The van der Waals surface area contributed by atoms with Crippen molar-refractivity contribution in [2.75, 3.05) is 0 Å². The number of rotatable bonds is 2. The molecule has 2 rings (SSSR count). The lowest BCUT2D eigenvalue weighted by Crippen LogP contribution is -1.82. The number of carbonyl (C=O) groups is 1. The molecule has 0 atom stereocenters. The first-order chi connectivity index (χ1) is 9.19. The van der Waals surface area contributed by atoms with Crippen molar-refractivity contribution < 1.29 is 4.79 Å². The van der Waals surface area contributed by atoms with E-state index in [1.165, 1.54) is 5.56 Å². The molecular formula is C16H16N2O. The number of aryl methyl sites for hydroxylation is 2. The Labute approximate surface area is 113 Å². The fourth-order valence-corrected chi connectivity index (χ4v) is 1.50. The monoisotopic (exact) mass is 252 g/mol. The predicted molar refractivity (Wildman–Crippen MR) is 74.9 cm³/mol. The summed E-state index contributed by atoms with van der Waals surface area (Å²) in [5, 5.41) is 8.37. The van der Waals surface area contributed by atoms with Crippen molar-refractivity contribution in [3.8, 4) is 6.07 Å². The van der Waals surface area contributed by atoms with Crippen LogP contribution in [0.15, 0.2) is 42.7 Å². The summed E-state index contributed by atoms with van der Waals surface area (Å²) in [6.45, 7) is 3.98. The molecule has 1 heterocycles. The molecule has 0 aliphatic carbocycles. The van der Waals surface area contributed by atoms with Gasteiger partial charge in [0.1, 0.15) is 12.4 Å². The lowest BCUT2D eigenvalue weighted by molar-refractivity contribution is 0.112. The Morgan fingerprint density at radius 2 is 2.11 bits per heavy atom. The molecule has 0 amide bonds. The van der Waals surface area contributed by atoms with E-state index in [1.54, 1.807) is 18.5 Å². The third-order valence-corrected chi connectivity index (χ3v) is 2.50. The molecule has 96 valence electrons. The molecule has 0 aliphatic heterocycles. The normalized spacial score (nSPS) is 8.89. The maximum atomic E-state index is 10.3. The molecule has 0 saturated heterocycles. The zero-order valence-electron chi connectivity index (χ0n) is 11.1. The van der Waals surface area contributed by atoms with Gasteiger partial charge in [-0.15, -0.1) is 0 Å². The lowest BCUT2D eigenvalue weighted by atomic mass is 10.1. The Kier molecular flexibility index (Phi) is 5.97. The molecule has 3 nitrogen and oxygen atoms in total. The number of hydrogen-bond donors (Lipinski definition) is 0. The highest BCUT2D eigenvalue weighted by molar-refractivity contribution is 5.74. The van der Waals surface area contributed by atoms with Crippen molar-refractivity contribution in [3.63, 3.8) is 0 Å². The van der Waals surface area contributed by atoms with E-state index in [0.29, 0.717) is 5.56 Å². The van der Waals surface area contributed by atoms with Gasteiger partial charge in [-0.1, -0.05) is 25.1 Å². The number of carbonyl (C=O) groups excluding carboxylic acids is 1. The van der Waals surface area contributed by atoms with Crippen molar-refractivity contribution in [2.45, 2.75) is 20.3 Å². The molecule has 3 heteroatoms. The van der Waals surface area contributed by atoms with Gasteiger partial charge >= 0.3 is 0 Å². The number of nitrogens with zero attached hydrogens (tertiary/aromatic N) is 2. The van der Waals surface area contributed by atoms with Crippen LogP contribution in [0.1, 0.15) is 34.0 Å². The summed E-state index contributed by atoms with van der Waals surface area (Å²) in [6.07, 6.45) is 5.13. The summed E-state index contributed by atoms with van der Waals surface area (Å²) in [5.74, 6) is 0. The maximum Gasteiger partial charge on any atom is 0.150 e. The summed E-state index contributed by atoms with van der Waals surface area (Å²) in [4.78, 5) is 14.1. The first kappa shape index (κ1) is 14.6. The minimum Gasteiger partial charge on any atom is -0.298 e. The quantitative estimate of drug-likeness (QED) is 0.770. The van der Waals surface area contributed by atoms with E-state index >= 15 is 0 Å². The van der Waals surface area contributed by atoms with Gasteiger partial charge in [-0.2, -0.15) is 5.26 Å². The van der Waals surface area contributed by atoms with Crippen molar-refractivity contribution in [1.82, 2.24) is 4.98 Å². The van der Waals surface area contributed by atoms with Gasteiger partial charge in [-0.25, -0.2) is 0 Å². The first-order valence-electron chi connectivity index (χ1n) is 6.05. The molecule has 0 bridgehead atoms. The van der Waals surface area contributed by atoms with Crippen LogP contribution in [0.2, 0.25) is 0 Å². The van der Waals surface area contributed by atoms with Gasteiger partial charge in [-0.05, 0) is 36.6 Å². The highest BCUT2D eigenvalue weighted by atomic mass is 16.1. The second-order valence-corrected chi connectivity index (χ2v) is 4.08. The Balaban J connectivity index is 0.000000191. The summed E-state index contributed by atoms with van der Waals surface area (Å²) >= 11 is 0. The van der Waals surface area contributed by atoms with Gasteiger partial charge in [0, 0.05) is 18.0 Å². The highest BCUT2D eigenvalue weighted by Gasteiger charge is 1.90. The summed E-state index contributed by atoms with van der Waals surface area (Å²) < 4.78 is 0. The van der Waals surface area contributed by atoms with Crippen molar-refractivity contribution in [1.29, 1.82) is 5.26 Å². The van der Waals surface area contributed by atoms with Crippen molar-refractivity contribution in [3.05, 3.63) is 65.0 Å². The van der Waals surface area contributed by atoms with E-state index in [0.717, 1.165) is 23.8 Å². The van der Waals surface area contributed by atoms with Crippen LogP contribution in [0.4, 0.5) is 0 Å². The smallest absolute Gasteiger partial charge is 0.150 e. The molecule has 0 fully saturated rings. The average molecular weight is 252 g/mol. The van der Waals surface area contributed by atoms with Crippen molar-refractivity contribution in [2.24, 2.45) is 0 Å². The molecule has 2 aromatic rings. The third kappa shape index (κ3) is 5.13. The fraction of sp³-hybridized carbons (Fsp3) is 0.188. The lowest BCUT2D eigenvalue weighted by Gasteiger charge is -1.94. The van der Waals surface area contributed by atoms with Gasteiger partial charge in [0.25, 0.3) is 0 Å². The molecule has 0 aliphatic rings. The second-order valence-electron chi connectivity index (χ2n) is 4.08. The Hall–Kier alpha value is -2.47. The predicted octanol–water partition coefficient (Wildman–Crippen LogP) is 3.32. The van der Waals surface area contributed by atoms with Crippen LogP contribution >= 0.6 is 0 Å². The van der Waals surface area contributed by atoms with E-state index < -0.39 is 0 Å². The van der Waals surface area contributed by atoms with Gasteiger partial charge in [0.15, 0.2) is 0 Å². The largest absolute Gasteiger partial charge is 0.298 e. The van der Waals surface area contributed by atoms with Crippen LogP contribution in [0.5, 0.6) is 0 Å². The number of hydrogen-bond acceptors (Lipinski definition) is 3. The molecule has 1 aromatic carbocycles. The number of benzene rings is 1. The third-order valence-electron chi connectivity index (χ3n) is 2.50. The fourth-order valence-electron chi connectivity index (χ4n) is 1.50. The molecular weight excluding hydrogens is 236 g/mol. The van der Waals surface area contributed by atoms with Crippen LogP contribution in [-0.2, 0) is 6.42 Å². The Bertz CT molecular complexity index is 585. The van der Waals surface area contributed by atoms with Crippen LogP contribution in [-0.4, -0.2) is 11.3 Å². The molecule has 0 saturated carbocycles. The molecule has 1 aromatic heterocycles. The van der Waals surface area contributed by atoms with Crippen LogP contribution in [0, 0.1) is 18.3 Å². The second kappa shape index (κ2) is 7.78. The number of pyridine rings is 1. The first-order valence-corrected chi connectivity index (χ1v) is 6.05. The molecule has 0 unspecified atom stereocenters. The summed E-state index contributed by atoms with van der Waals surface area (Å²) in [7, 11) is 0. The minimum atomic E-state index is 0.620. The minimum absolute atomic E-state index is 0.620. The van der Waals surface area contributed by atoms with Crippen LogP contribution in [0.3, 0.4) is 0 Å². The standard InChI is InChI=1S/C9H10O.C7H6N2/c1-2-8-4-3-5-9(6-8)7-10;1-6-2-7(3-8)5-9-4-6/h3-7H,2H2,1H3;2,4-5H,1H3. The van der Waals surface area contributed by atoms with E-state index in [9.17, 15) is 4.79 Å². The van der Waals surface area contributed by atoms with Gasteiger partial charge in [0.05, 0.1) is 5.56 Å². The number of aromatic nitrogens is 1. The van der Waals surface area contributed by atoms with E-state index in [1.807, 2.05) is 37.3 Å². The Morgan fingerprint density at radius 1 is 1.32 bits per heavy atom. The zero-order valence-corrected chi connectivity index (χ0v) is 11.1. The van der Waals surface area contributed by atoms with Crippen LogP contribution in [0.25, 0.3) is 0 Å². The highest BCUT2D eigenvalue weighted by Crippen LogP contribution is 2.02. The number of nitriles is 1. The number of aldehydes is 1. The molecule has 0 radical (unpaired) electrons. The van der Waals surface area contributed by atoms with Gasteiger partial charge in [-0.3, -0.25) is 9.78 Å². The average Bonchev–Trinajstić information content (AvgIpc) is 2.48. The maximum absolute atomic E-state index is 10.3. The summed E-state index contributed by atoms with van der Waals surface area (Å²) in [6, 6.07) is 11.5. The van der Waals surface area contributed by atoms with Gasteiger partial charge in [0.2, 0.25) is 0 Å². The van der Waals surface area contributed by atoms with E-state index in [4.69, 9.17) is 5.26 Å². The molecule has 0 N–H and O–H groups in total. The molecule has 19 heavy (non-hydrogen) atoms. The SMILES string of the molecule is CCc1cccc(C=O)c1.Cc1cncc(C#N)c1.